The summed E-state index contributed by atoms with van der Waals surface area (Å²) in [6.45, 7) is 5.64. The van der Waals surface area contributed by atoms with E-state index >= 15 is 0 Å². The normalized spacial score (nSPS) is 11.0. The van der Waals surface area contributed by atoms with Crippen LogP contribution in [0.15, 0.2) is 47.5 Å². The van der Waals surface area contributed by atoms with Crippen molar-refractivity contribution >= 4 is 5.96 Å². The lowest BCUT2D eigenvalue weighted by molar-refractivity contribution is 0.610. The Morgan fingerprint density at radius 2 is 1.84 bits per heavy atom. The van der Waals surface area contributed by atoms with Crippen molar-refractivity contribution in [3.8, 4) is 6.07 Å². The summed E-state index contributed by atoms with van der Waals surface area (Å²) in [7, 11) is 0. The minimum absolute atomic E-state index is 0.173. The van der Waals surface area contributed by atoms with Gasteiger partial charge in [0.25, 0.3) is 0 Å². The summed E-state index contributed by atoms with van der Waals surface area (Å²) in [5.74, 6) is 0.269. The number of benzene rings is 2. The number of aryl methyl sites for hydroxylation is 1. The molecule has 130 valence electrons. The number of aliphatic imine (C=N–C) groups is 1. The largest absolute Gasteiger partial charge is 0.357 e. The lowest BCUT2D eigenvalue weighted by atomic mass is 10.1. The summed E-state index contributed by atoms with van der Waals surface area (Å²) in [5, 5.41) is 15.4. The third kappa shape index (κ3) is 5.32. The molecule has 0 atom stereocenters. The van der Waals surface area contributed by atoms with Crippen LogP contribution in [-0.2, 0) is 19.5 Å². The topological polar surface area (TPSA) is 60.2 Å². The predicted octanol–water partition coefficient (Wildman–Crippen LogP) is 3.52. The van der Waals surface area contributed by atoms with Gasteiger partial charge in [0.05, 0.1) is 18.2 Å². The second-order valence-corrected chi connectivity index (χ2v) is 5.59. The Balaban J connectivity index is 2.09. The Hall–Kier alpha value is -2.87. The second-order valence-electron chi connectivity index (χ2n) is 5.59. The Labute approximate surface area is 148 Å². The minimum Gasteiger partial charge on any atom is -0.357 e. The van der Waals surface area contributed by atoms with Crippen molar-refractivity contribution in [1.82, 2.24) is 10.6 Å². The van der Waals surface area contributed by atoms with Crippen LogP contribution in [0.25, 0.3) is 0 Å². The van der Waals surface area contributed by atoms with E-state index in [1.807, 2.05) is 25.1 Å². The molecule has 0 spiro atoms. The quantitative estimate of drug-likeness (QED) is 0.626. The fourth-order valence-corrected chi connectivity index (χ4v) is 2.53. The highest BCUT2D eigenvalue weighted by Crippen LogP contribution is 2.12. The van der Waals surface area contributed by atoms with E-state index in [1.54, 1.807) is 0 Å². The molecule has 0 amide bonds. The van der Waals surface area contributed by atoms with Crippen molar-refractivity contribution in [2.75, 3.05) is 6.54 Å². The van der Waals surface area contributed by atoms with Crippen molar-refractivity contribution < 1.29 is 4.39 Å². The van der Waals surface area contributed by atoms with Crippen LogP contribution in [0.2, 0.25) is 0 Å². The van der Waals surface area contributed by atoms with Gasteiger partial charge in [-0.15, -0.1) is 0 Å². The maximum absolute atomic E-state index is 13.9. The molecule has 4 nitrogen and oxygen atoms in total. The molecule has 0 heterocycles. The van der Waals surface area contributed by atoms with E-state index in [-0.39, 0.29) is 12.4 Å². The number of nitriles is 1. The maximum atomic E-state index is 13.9. The van der Waals surface area contributed by atoms with Gasteiger partial charge < -0.3 is 10.6 Å². The van der Waals surface area contributed by atoms with Gasteiger partial charge in [-0.1, -0.05) is 31.2 Å². The van der Waals surface area contributed by atoms with Crippen LogP contribution >= 0.6 is 0 Å². The molecule has 2 aromatic carbocycles. The summed E-state index contributed by atoms with van der Waals surface area (Å²) < 4.78 is 13.9. The Morgan fingerprint density at radius 1 is 1.08 bits per heavy atom. The third-order valence-electron chi connectivity index (χ3n) is 3.87. The number of nitrogens with one attached hydrogen (secondary N) is 2. The zero-order valence-electron chi connectivity index (χ0n) is 14.6. The molecule has 2 rings (SSSR count). The summed E-state index contributed by atoms with van der Waals surface area (Å²) in [4.78, 5) is 4.44. The monoisotopic (exact) mass is 338 g/mol. The van der Waals surface area contributed by atoms with E-state index in [4.69, 9.17) is 5.26 Å². The maximum Gasteiger partial charge on any atom is 0.191 e. The molecule has 2 aromatic rings. The molecular weight excluding hydrogens is 315 g/mol. The first-order chi connectivity index (χ1) is 12.2. The zero-order valence-corrected chi connectivity index (χ0v) is 14.6. The number of nitrogens with zero attached hydrogens (tertiary/aromatic N) is 2. The summed E-state index contributed by atoms with van der Waals surface area (Å²) in [5.41, 5.74) is 3.35. The first kappa shape index (κ1) is 18.5. The molecular formula is C20H23FN4. The first-order valence-corrected chi connectivity index (χ1v) is 8.45. The number of halogens is 1. The molecule has 0 radical (unpaired) electrons. The fourth-order valence-electron chi connectivity index (χ4n) is 2.53. The van der Waals surface area contributed by atoms with Crippen molar-refractivity contribution in [2.24, 2.45) is 4.99 Å². The molecule has 0 aliphatic heterocycles. The molecule has 0 fully saturated rings. The SMILES string of the molecule is CCNC(=NCc1cc(C#N)ccc1F)NCc1ccccc1CC. The summed E-state index contributed by atoms with van der Waals surface area (Å²) >= 11 is 0. The van der Waals surface area contributed by atoms with E-state index < -0.39 is 0 Å². The van der Waals surface area contributed by atoms with Crippen molar-refractivity contribution in [3.63, 3.8) is 0 Å². The lowest BCUT2D eigenvalue weighted by Crippen LogP contribution is -2.37. The molecule has 5 heteroatoms. The standard InChI is InChI=1S/C20H23FN4/c1-3-16-7-5-6-8-17(16)13-24-20(23-4-2)25-14-18-11-15(12-22)9-10-19(18)21/h5-11H,3-4,13-14H2,1-2H3,(H2,23,24,25). The van der Waals surface area contributed by atoms with Crippen LogP contribution in [0.4, 0.5) is 4.39 Å². The van der Waals surface area contributed by atoms with Gasteiger partial charge in [0.2, 0.25) is 0 Å². The Kier molecular flexibility index (Phi) is 6.97. The molecule has 0 unspecified atom stereocenters. The first-order valence-electron chi connectivity index (χ1n) is 8.45. The molecule has 0 saturated carbocycles. The third-order valence-corrected chi connectivity index (χ3v) is 3.87. The van der Waals surface area contributed by atoms with Crippen LogP contribution in [0, 0.1) is 17.1 Å². The molecule has 0 aliphatic carbocycles. The lowest BCUT2D eigenvalue weighted by Gasteiger charge is -2.13. The average Bonchev–Trinajstić information content (AvgIpc) is 2.65. The van der Waals surface area contributed by atoms with Crippen LogP contribution in [0.1, 0.15) is 36.1 Å². The number of hydrogen-bond donors (Lipinski definition) is 2. The highest BCUT2D eigenvalue weighted by Gasteiger charge is 2.05. The molecule has 25 heavy (non-hydrogen) atoms. The molecule has 0 saturated heterocycles. The number of rotatable bonds is 6. The van der Waals surface area contributed by atoms with E-state index in [9.17, 15) is 4.39 Å². The van der Waals surface area contributed by atoms with Crippen molar-refractivity contribution in [3.05, 3.63) is 70.5 Å². The van der Waals surface area contributed by atoms with Gasteiger partial charge in [-0.25, -0.2) is 9.38 Å². The summed E-state index contributed by atoms with van der Waals surface area (Å²) in [6.07, 6.45) is 0.970. The fraction of sp³-hybridized carbons (Fsp3) is 0.300. The smallest absolute Gasteiger partial charge is 0.191 e. The van der Waals surface area contributed by atoms with Crippen LogP contribution < -0.4 is 10.6 Å². The van der Waals surface area contributed by atoms with E-state index in [0.29, 0.717) is 30.2 Å². The van der Waals surface area contributed by atoms with Crippen molar-refractivity contribution in [1.29, 1.82) is 5.26 Å². The number of guanidine groups is 1. The van der Waals surface area contributed by atoms with Crippen LogP contribution in [-0.4, -0.2) is 12.5 Å². The van der Waals surface area contributed by atoms with E-state index in [0.717, 1.165) is 6.42 Å². The minimum atomic E-state index is -0.352. The van der Waals surface area contributed by atoms with Crippen molar-refractivity contribution in [2.45, 2.75) is 33.4 Å². The van der Waals surface area contributed by atoms with Gasteiger partial charge in [-0.3, -0.25) is 0 Å². The van der Waals surface area contributed by atoms with Gasteiger partial charge >= 0.3 is 0 Å². The van der Waals surface area contributed by atoms with E-state index in [1.165, 1.54) is 29.3 Å². The van der Waals surface area contributed by atoms with Crippen LogP contribution in [0.3, 0.4) is 0 Å². The number of hydrogen-bond acceptors (Lipinski definition) is 2. The predicted molar refractivity (Wildman–Crippen MR) is 98.6 cm³/mol. The van der Waals surface area contributed by atoms with Gasteiger partial charge in [-0.2, -0.15) is 5.26 Å². The van der Waals surface area contributed by atoms with Gasteiger partial charge in [0.15, 0.2) is 5.96 Å². The highest BCUT2D eigenvalue weighted by atomic mass is 19.1. The molecule has 2 N–H and O–H groups in total. The second kappa shape index (κ2) is 9.43. The summed E-state index contributed by atoms with van der Waals surface area (Å²) in [6, 6.07) is 14.6. The van der Waals surface area contributed by atoms with E-state index in [2.05, 4.69) is 34.7 Å². The Bertz CT molecular complexity index is 778. The molecule has 0 aromatic heterocycles. The average molecular weight is 338 g/mol. The zero-order chi connectivity index (χ0) is 18.1. The Morgan fingerprint density at radius 3 is 2.52 bits per heavy atom. The van der Waals surface area contributed by atoms with Gasteiger partial charge in [-0.05, 0) is 42.7 Å². The molecule has 0 bridgehead atoms. The molecule has 0 aliphatic rings. The van der Waals surface area contributed by atoms with Gasteiger partial charge in [0, 0.05) is 18.7 Å². The van der Waals surface area contributed by atoms with Crippen LogP contribution in [0.5, 0.6) is 0 Å². The van der Waals surface area contributed by atoms with Gasteiger partial charge in [0.1, 0.15) is 5.82 Å². The highest BCUT2D eigenvalue weighted by molar-refractivity contribution is 5.79.